The quantitative estimate of drug-likeness (QED) is 0.404. The molecule has 7 heteroatoms. The van der Waals surface area contributed by atoms with Crippen LogP contribution in [0.4, 0.5) is 0 Å². The van der Waals surface area contributed by atoms with E-state index in [1.165, 1.54) is 10.2 Å². The highest BCUT2D eigenvalue weighted by atomic mass is 35.5. The summed E-state index contributed by atoms with van der Waals surface area (Å²) in [5.74, 6) is 0.698. The van der Waals surface area contributed by atoms with Crippen molar-refractivity contribution in [3.63, 3.8) is 0 Å². The minimum absolute atomic E-state index is 0.195. The molecule has 0 spiro atoms. The highest BCUT2D eigenvalue weighted by molar-refractivity contribution is 7.90. The maximum atomic E-state index is 13.4. The molecule has 5 nitrogen and oxygen atoms in total. The second-order valence-corrected chi connectivity index (χ2v) is 8.54. The highest BCUT2D eigenvalue weighted by Crippen LogP contribution is 2.35. The van der Waals surface area contributed by atoms with E-state index >= 15 is 0 Å². The molecule has 5 aromatic rings. The van der Waals surface area contributed by atoms with E-state index < -0.39 is 10.0 Å². The lowest BCUT2D eigenvalue weighted by Gasteiger charge is -2.08. The fourth-order valence-electron chi connectivity index (χ4n) is 3.37. The predicted molar refractivity (Wildman–Crippen MR) is 109 cm³/mol. The molecule has 0 saturated heterocycles. The molecular formula is C21H13ClN2O3S. The van der Waals surface area contributed by atoms with Crippen LogP contribution in [0.25, 0.3) is 33.3 Å². The van der Waals surface area contributed by atoms with Gasteiger partial charge in [-0.05, 0) is 48.5 Å². The van der Waals surface area contributed by atoms with Crippen LogP contribution >= 0.6 is 11.6 Å². The number of hydrogen-bond acceptors (Lipinski definition) is 4. The van der Waals surface area contributed by atoms with Crippen molar-refractivity contribution in [2.45, 2.75) is 4.90 Å². The summed E-state index contributed by atoms with van der Waals surface area (Å²) in [5, 5.41) is 1.83. The van der Waals surface area contributed by atoms with Crippen LogP contribution < -0.4 is 0 Å². The minimum atomic E-state index is -3.84. The topological polar surface area (TPSA) is 65.1 Å². The second kappa shape index (κ2) is 6.22. The van der Waals surface area contributed by atoms with Gasteiger partial charge in [0, 0.05) is 22.5 Å². The number of furan rings is 1. The average Bonchev–Trinajstić information content (AvgIpc) is 3.34. The molecule has 0 atom stereocenters. The van der Waals surface area contributed by atoms with E-state index in [0.717, 1.165) is 10.9 Å². The summed E-state index contributed by atoms with van der Waals surface area (Å²) in [6.45, 7) is 0. The number of hydrogen-bond donors (Lipinski definition) is 0. The van der Waals surface area contributed by atoms with Gasteiger partial charge in [0.25, 0.3) is 10.0 Å². The lowest BCUT2D eigenvalue weighted by molar-refractivity contribution is 0.582. The van der Waals surface area contributed by atoms with Gasteiger partial charge < -0.3 is 4.42 Å². The molecule has 2 aromatic carbocycles. The van der Waals surface area contributed by atoms with Crippen LogP contribution in [0.15, 0.2) is 88.5 Å². The third-order valence-corrected chi connectivity index (χ3v) is 6.54. The molecule has 0 fully saturated rings. The maximum absolute atomic E-state index is 13.4. The first-order valence-electron chi connectivity index (χ1n) is 8.50. The van der Waals surface area contributed by atoms with E-state index in [9.17, 15) is 8.42 Å². The zero-order valence-electron chi connectivity index (χ0n) is 14.4. The summed E-state index contributed by atoms with van der Waals surface area (Å²) in [5.41, 5.74) is 1.71. The van der Waals surface area contributed by atoms with E-state index in [0.29, 0.717) is 27.3 Å². The molecule has 0 bridgehead atoms. The van der Waals surface area contributed by atoms with Crippen LogP contribution in [0.1, 0.15) is 0 Å². The van der Waals surface area contributed by atoms with Crippen molar-refractivity contribution < 1.29 is 12.8 Å². The van der Waals surface area contributed by atoms with Crippen molar-refractivity contribution in [3.05, 3.63) is 84.2 Å². The van der Waals surface area contributed by atoms with Crippen molar-refractivity contribution in [1.82, 2.24) is 8.96 Å². The monoisotopic (exact) mass is 408 g/mol. The Hall–Kier alpha value is -3.09. The Kier molecular flexibility index (Phi) is 3.79. The molecule has 0 N–H and O–H groups in total. The normalized spacial score (nSPS) is 12.0. The van der Waals surface area contributed by atoms with Crippen molar-refractivity contribution >= 4 is 43.6 Å². The molecule has 0 aliphatic heterocycles. The van der Waals surface area contributed by atoms with E-state index in [1.807, 2.05) is 18.2 Å². The highest BCUT2D eigenvalue weighted by Gasteiger charge is 2.24. The Labute approximate surface area is 165 Å². The van der Waals surface area contributed by atoms with Crippen LogP contribution in [0.2, 0.25) is 5.02 Å². The van der Waals surface area contributed by atoms with Gasteiger partial charge in [0.05, 0.1) is 21.7 Å². The minimum Gasteiger partial charge on any atom is -0.464 e. The van der Waals surface area contributed by atoms with Crippen LogP contribution in [0, 0.1) is 0 Å². The number of rotatable bonds is 3. The smallest absolute Gasteiger partial charge is 0.269 e. The van der Waals surface area contributed by atoms with Gasteiger partial charge in [0.1, 0.15) is 5.76 Å². The standard InChI is InChI=1S/C21H13ClN2O3S/c22-15-12-18-17-11-14(20-7-4-10-27-20)8-9-19(17)24(21(18)23-13-15)28(25,26)16-5-2-1-3-6-16/h1-13H. The summed E-state index contributed by atoms with van der Waals surface area (Å²) >= 11 is 6.16. The summed E-state index contributed by atoms with van der Waals surface area (Å²) in [6.07, 6.45) is 3.05. The van der Waals surface area contributed by atoms with E-state index in [2.05, 4.69) is 4.98 Å². The molecular weight excluding hydrogens is 396 g/mol. The van der Waals surface area contributed by atoms with E-state index in [1.54, 1.807) is 54.8 Å². The fraction of sp³-hybridized carbons (Fsp3) is 0. The van der Waals surface area contributed by atoms with Gasteiger partial charge in [-0.1, -0.05) is 29.8 Å². The summed E-state index contributed by atoms with van der Waals surface area (Å²) in [4.78, 5) is 4.53. The molecule has 0 aliphatic carbocycles. The Morgan fingerprint density at radius 3 is 2.50 bits per heavy atom. The molecule has 5 rings (SSSR count). The number of benzene rings is 2. The summed E-state index contributed by atoms with van der Waals surface area (Å²) < 4.78 is 33.5. The van der Waals surface area contributed by atoms with Gasteiger partial charge >= 0.3 is 0 Å². The number of nitrogens with zero attached hydrogens (tertiary/aromatic N) is 2. The van der Waals surface area contributed by atoms with Crippen molar-refractivity contribution in [2.75, 3.05) is 0 Å². The van der Waals surface area contributed by atoms with Gasteiger partial charge in [-0.2, -0.15) is 0 Å². The average molecular weight is 409 g/mol. The zero-order valence-corrected chi connectivity index (χ0v) is 16.0. The fourth-order valence-corrected chi connectivity index (χ4v) is 5.03. The molecule has 3 heterocycles. The third-order valence-electron chi connectivity index (χ3n) is 4.62. The summed E-state index contributed by atoms with van der Waals surface area (Å²) in [6, 6.07) is 19.2. The molecule has 0 aliphatic rings. The van der Waals surface area contributed by atoms with Crippen LogP contribution in [0.5, 0.6) is 0 Å². The lowest BCUT2D eigenvalue weighted by Crippen LogP contribution is -2.13. The van der Waals surface area contributed by atoms with Crippen LogP contribution in [-0.4, -0.2) is 17.4 Å². The number of fused-ring (bicyclic) bond motifs is 3. The molecule has 0 radical (unpaired) electrons. The summed E-state index contributed by atoms with van der Waals surface area (Å²) in [7, 11) is -3.84. The SMILES string of the molecule is O=S(=O)(c1ccccc1)n1c2ccc(-c3ccco3)cc2c2cc(Cl)cnc21. The molecule has 0 amide bonds. The second-order valence-electron chi connectivity index (χ2n) is 6.32. The van der Waals surface area contributed by atoms with Gasteiger partial charge in [-0.15, -0.1) is 0 Å². The lowest BCUT2D eigenvalue weighted by atomic mass is 10.1. The molecule has 28 heavy (non-hydrogen) atoms. The number of pyridine rings is 1. The number of halogens is 1. The molecule has 3 aromatic heterocycles. The van der Waals surface area contributed by atoms with Crippen molar-refractivity contribution in [2.24, 2.45) is 0 Å². The first kappa shape index (κ1) is 17.0. The zero-order chi connectivity index (χ0) is 19.3. The first-order chi connectivity index (χ1) is 13.6. The molecule has 138 valence electrons. The van der Waals surface area contributed by atoms with Gasteiger partial charge in [0.2, 0.25) is 0 Å². The Morgan fingerprint density at radius 2 is 1.75 bits per heavy atom. The van der Waals surface area contributed by atoms with Crippen molar-refractivity contribution in [3.8, 4) is 11.3 Å². The third kappa shape index (κ3) is 2.53. The first-order valence-corrected chi connectivity index (χ1v) is 10.3. The largest absolute Gasteiger partial charge is 0.464 e. The predicted octanol–water partition coefficient (Wildman–Crippen LogP) is 5.34. The van der Waals surface area contributed by atoms with Crippen LogP contribution in [0.3, 0.4) is 0 Å². The van der Waals surface area contributed by atoms with Gasteiger partial charge in [-0.3, -0.25) is 0 Å². The Morgan fingerprint density at radius 1 is 0.929 bits per heavy atom. The molecule has 0 saturated carbocycles. The van der Waals surface area contributed by atoms with E-state index in [4.69, 9.17) is 16.0 Å². The van der Waals surface area contributed by atoms with Gasteiger partial charge in [0.15, 0.2) is 5.65 Å². The van der Waals surface area contributed by atoms with Crippen molar-refractivity contribution in [1.29, 1.82) is 0 Å². The van der Waals surface area contributed by atoms with Crippen LogP contribution in [-0.2, 0) is 10.0 Å². The molecule has 0 unspecified atom stereocenters. The maximum Gasteiger partial charge on any atom is 0.269 e. The Balaban J connectivity index is 1.89. The van der Waals surface area contributed by atoms with Gasteiger partial charge in [-0.25, -0.2) is 17.4 Å². The van der Waals surface area contributed by atoms with E-state index in [-0.39, 0.29) is 4.90 Å². The number of aromatic nitrogens is 2. The Bertz CT molecular complexity index is 1420.